The molecule has 29 heavy (non-hydrogen) atoms. The predicted octanol–water partition coefficient (Wildman–Crippen LogP) is 3.87. The maximum Gasteiger partial charge on any atom is 0.165 e. The topological polar surface area (TPSA) is 47.0 Å². The van der Waals surface area contributed by atoms with Crippen LogP contribution < -0.4 is 9.64 Å². The number of aliphatic imine (C=N–C) groups is 1. The summed E-state index contributed by atoms with van der Waals surface area (Å²) in [5.41, 5.74) is 3.57. The van der Waals surface area contributed by atoms with Gasteiger partial charge in [0.1, 0.15) is 11.4 Å². The molecule has 2 unspecified atom stereocenters. The van der Waals surface area contributed by atoms with Crippen LogP contribution in [0.3, 0.4) is 0 Å². The van der Waals surface area contributed by atoms with E-state index in [4.69, 9.17) is 14.5 Å². The van der Waals surface area contributed by atoms with Gasteiger partial charge in [0.25, 0.3) is 0 Å². The number of aromatic nitrogens is 1. The lowest BCUT2D eigenvalue weighted by Gasteiger charge is -2.33. The number of morpholine rings is 1. The van der Waals surface area contributed by atoms with Crippen molar-refractivity contribution in [3.8, 4) is 5.75 Å². The van der Waals surface area contributed by atoms with Crippen molar-refractivity contribution in [2.75, 3.05) is 18.0 Å². The normalized spacial score (nSPS) is 26.3. The fourth-order valence-electron chi connectivity index (χ4n) is 4.60. The van der Waals surface area contributed by atoms with Gasteiger partial charge in [-0.1, -0.05) is 0 Å². The number of anilines is 1. The van der Waals surface area contributed by atoms with E-state index < -0.39 is 0 Å². The van der Waals surface area contributed by atoms with Crippen LogP contribution in [0.15, 0.2) is 35.5 Å². The van der Waals surface area contributed by atoms with Gasteiger partial charge >= 0.3 is 0 Å². The smallest absolute Gasteiger partial charge is 0.165 e. The fourth-order valence-corrected chi connectivity index (χ4v) is 4.60. The highest BCUT2D eigenvalue weighted by Crippen LogP contribution is 2.41. The molecule has 1 aliphatic carbocycles. The number of hydrogen-bond donors (Lipinski definition) is 0. The third kappa shape index (κ3) is 3.10. The quantitative estimate of drug-likeness (QED) is 0.791. The molecule has 1 saturated carbocycles. The van der Waals surface area contributed by atoms with Crippen molar-refractivity contribution in [3.05, 3.63) is 53.0 Å². The van der Waals surface area contributed by atoms with Crippen molar-refractivity contribution in [3.63, 3.8) is 0 Å². The molecule has 5 nitrogen and oxygen atoms in total. The predicted molar refractivity (Wildman–Crippen MR) is 108 cm³/mol. The monoisotopic (exact) mass is 393 g/mol. The third-order valence-corrected chi connectivity index (χ3v) is 6.52. The molecular formula is C23H24FN3O2. The standard InChI is InChI=1S/C23H24FN3O2/c1-23(5-6-23)29-20-10-18-15(8-19(20)24)11-26-22(18)14-4-7-25-21(9-14)27-12-16-2-3-17(13-27)28-16/h4,7-10,16-17H,2-3,5-6,11-13H2,1H3. The first-order chi connectivity index (χ1) is 14.1. The van der Waals surface area contributed by atoms with E-state index in [2.05, 4.69) is 16.0 Å². The molecule has 1 aromatic carbocycles. The fraction of sp³-hybridized carbons (Fsp3) is 0.478. The molecule has 6 heteroatoms. The Morgan fingerprint density at radius 3 is 2.72 bits per heavy atom. The molecule has 6 rings (SSSR count). The zero-order valence-corrected chi connectivity index (χ0v) is 16.5. The SMILES string of the molecule is CC1(Oc2cc3c(cc2F)CN=C3c2ccnc(N3CC4CCC(C3)O4)c2)CC1. The van der Waals surface area contributed by atoms with Crippen LogP contribution in [0.2, 0.25) is 0 Å². The number of nitrogens with zero attached hydrogens (tertiary/aromatic N) is 3. The Hall–Kier alpha value is -2.47. The summed E-state index contributed by atoms with van der Waals surface area (Å²) in [6.07, 6.45) is 6.68. The average molecular weight is 393 g/mol. The minimum atomic E-state index is -0.299. The first-order valence-electron chi connectivity index (χ1n) is 10.5. The van der Waals surface area contributed by atoms with Crippen LogP contribution >= 0.6 is 0 Å². The van der Waals surface area contributed by atoms with Crippen molar-refractivity contribution < 1.29 is 13.9 Å². The minimum Gasteiger partial charge on any atom is -0.484 e. The second-order valence-electron chi connectivity index (χ2n) is 8.92. The molecule has 0 N–H and O–H groups in total. The van der Waals surface area contributed by atoms with Crippen LogP contribution in [0.5, 0.6) is 5.75 Å². The number of pyridine rings is 1. The Kier molecular flexibility index (Phi) is 3.76. The molecule has 2 saturated heterocycles. The van der Waals surface area contributed by atoms with Gasteiger partial charge in [-0.05, 0) is 62.4 Å². The second kappa shape index (κ2) is 6.26. The van der Waals surface area contributed by atoms with Gasteiger partial charge in [0.2, 0.25) is 0 Å². The number of fused-ring (bicyclic) bond motifs is 3. The Bertz CT molecular complexity index is 1010. The Morgan fingerprint density at radius 2 is 1.97 bits per heavy atom. The largest absolute Gasteiger partial charge is 0.484 e. The third-order valence-electron chi connectivity index (χ3n) is 6.52. The van der Waals surface area contributed by atoms with E-state index in [0.29, 0.717) is 24.5 Å². The van der Waals surface area contributed by atoms with Crippen molar-refractivity contribution >= 4 is 11.5 Å². The van der Waals surface area contributed by atoms with Crippen LogP contribution in [0.1, 0.15) is 49.3 Å². The molecule has 3 fully saturated rings. The molecule has 2 atom stereocenters. The van der Waals surface area contributed by atoms with Crippen LogP contribution in [-0.4, -0.2) is 41.6 Å². The van der Waals surface area contributed by atoms with Gasteiger partial charge in [0, 0.05) is 30.4 Å². The lowest BCUT2D eigenvalue weighted by Crippen LogP contribution is -2.43. The van der Waals surface area contributed by atoms with Gasteiger partial charge in [-0.2, -0.15) is 0 Å². The molecule has 3 aliphatic heterocycles. The van der Waals surface area contributed by atoms with E-state index in [9.17, 15) is 4.39 Å². The van der Waals surface area contributed by atoms with Gasteiger partial charge in [0.05, 0.1) is 24.5 Å². The van der Waals surface area contributed by atoms with Crippen molar-refractivity contribution in [2.45, 2.75) is 57.0 Å². The first kappa shape index (κ1) is 17.4. The van der Waals surface area contributed by atoms with Gasteiger partial charge < -0.3 is 14.4 Å². The maximum absolute atomic E-state index is 14.5. The lowest BCUT2D eigenvalue weighted by molar-refractivity contribution is 0.0302. The Labute approximate surface area is 169 Å². The molecule has 2 bridgehead atoms. The highest BCUT2D eigenvalue weighted by molar-refractivity contribution is 6.15. The second-order valence-corrected chi connectivity index (χ2v) is 8.92. The zero-order chi connectivity index (χ0) is 19.6. The summed E-state index contributed by atoms with van der Waals surface area (Å²) in [6.45, 7) is 4.30. The number of halogens is 1. The van der Waals surface area contributed by atoms with Crippen molar-refractivity contribution in [1.82, 2.24) is 4.98 Å². The van der Waals surface area contributed by atoms with Crippen LogP contribution in [0.4, 0.5) is 10.2 Å². The van der Waals surface area contributed by atoms with Crippen LogP contribution in [0, 0.1) is 5.82 Å². The minimum absolute atomic E-state index is 0.218. The summed E-state index contributed by atoms with van der Waals surface area (Å²) in [7, 11) is 0. The van der Waals surface area contributed by atoms with E-state index in [1.165, 1.54) is 0 Å². The lowest BCUT2D eigenvalue weighted by atomic mass is 10.00. The molecule has 4 aliphatic rings. The number of rotatable bonds is 4. The first-order valence-corrected chi connectivity index (χ1v) is 10.5. The van der Waals surface area contributed by atoms with E-state index in [0.717, 1.165) is 67.0 Å². The Morgan fingerprint density at radius 1 is 1.17 bits per heavy atom. The summed E-state index contributed by atoms with van der Waals surface area (Å²) in [5, 5.41) is 0. The van der Waals surface area contributed by atoms with Gasteiger partial charge in [-0.3, -0.25) is 4.99 Å². The number of hydrogen-bond acceptors (Lipinski definition) is 5. The van der Waals surface area contributed by atoms with Crippen molar-refractivity contribution in [2.24, 2.45) is 4.99 Å². The number of ether oxygens (including phenoxy) is 2. The van der Waals surface area contributed by atoms with Gasteiger partial charge in [-0.15, -0.1) is 0 Å². The zero-order valence-electron chi connectivity index (χ0n) is 16.5. The Balaban J connectivity index is 1.31. The molecule has 4 heterocycles. The molecule has 1 aromatic heterocycles. The molecule has 0 radical (unpaired) electrons. The summed E-state index contributed by atoms with van der Waals surface area (Å²) in [4.78, 5) is 11.6. The average Bonchev–Trinajstić information content (AvgIpc) is 3.15. The van der Waals surface area contributed by atoms with E-state index in [1.54, 1.807) is 6.07 Å². The molecular weight excluding hydrogens is 369 g/mol. The summed E-state index contributed by atoms with van der Waals surface area (Å²) >= 11 is 0. The summed E-state index contributed by atoms with van der Waals surface area (Å²) in [6, 6.07) is 7.49. The van der Waals surface area contributed by atoms with Crippen LogP contribution in [0.25, 0.3) is 0 Å². The molecule has 150 valence electrons. The van der Waals surface area contributed by atoms with E-state index >= 15 is 0 Å². The highest BCUT2D eigenvalue weighted by atomic mass is 19.1. The van der Waals surface area contributed by atoms with Gasteiger partial charge in [-0.25, -0.2) is 9.37 Å². The van der Waals surface area contributed by atoms with Gasteiger partial charge in [0.15, 0.2) is 11.6 Å². The molecule has 0 amide bonds. The van der Waals surface area contributed by atoms with Crippen LogP contribution in [-0.2, 0) is 11.3 Å². The number of benzene rings is 1. The van der Waals surface area contributed by atoms with E-state index in [1.807, 2.05) is 25.3 Å². The maximum atomic E-state index is 14.5. The summed E-state index contributed by atoms with van der Waals surface area (Å²) < 4.78 is 26.4. The molecule has 0 spiro atoms. The molecule has 2 aromatic rings. The highest BCUT2D eigenvalue weighted by Gasteiger charge is 2.41. The summed E-state index contributed by atoms with van der Waals surface area (Å²) in [5.74, 6) is 0.993. The van der Waals surface area contributed by atoms with Crippen molar-refractivity contribution in [1.29, 1.82) is 0 Å². The van der Waals surface area contributed by atoms with E-state index in [-0.39, 0.29) is 11.4 Å².